The van der Waals surface area contributed by atoms with E-state index >= 15 is 0 Å². The first-order valence-electron chi connectivity index (χ1n) is 19.1. The number of benzene rings is 9. The van der Waals surface area contributed by atoms with Crippen LogP contribution in [0.5, 0.6) is 0 Å². The molecule has 0 atom stereocenters. The number of hydrogen-bond acceptors (Lipinski definition) is 2. The Kier molecular flexibility index (Phi) is 8.55. The highest BCUT2D eigenvalue weighted by Crippen LogP contribution is 2.45. The second-order valence-corrected chi connectivity index (χ2v) is 14.1. The van der Waals surface area contributed by atoms with Gasteiger partial charge in [-0.2, -0.15) is 0 Å². The zero-order valence-corrected chi connectivity index (χ0v) is 30.7. The van der Waals surface area contributed by atoms with Crippen molar-refractivity contribution in [1.82, 2.24) is 0 Å². The van der Waals surface area contributed by atoms with Crippen LogP contribution in [0, 0.1) is 0 Å². The molecule has 0 unspecified atom stereocenters. The van der Waals surface area contributed by atoms with E-state index in [0.29, 0.717) is 0 Å². The first kappa shape index (κ1) is 33.2. The molecule has 0 spiro atoms. The number of fused-ring (bicyclic) bond motifs is 3. The molecular weight excluding hydrogens is 679 g/mol. The average molecular weight is 716 g/mol. The number of rotatable bonds is 8. The lowest BCUT2D eigenvalue weighted by atomic mass is 9.88. The third-order valence-corrected chi connectivity index (χ3v) is 10.7. The van der Waals surface area contributed by atoms with E-state index in [9.17, 15) is 0 Å². The molecule has 1 heterocycles. The van der Waals surface area contributed by atoms with Gasteiger partial charge < -0.3 is 9.32 Å². The Balaban J connectivity index is 1.11. The Morgan fingerprint density at radius 2 is 0.696 bits per heavy atom. The maximum absolute atomic E-state index is 6.13. The normalized spacial score (nSPS) is 11.2. The lowest BCUT2D eigenvalue weighted by molar-refractivity contribution is 0.669. The van der Waals surface area contributed by atoms with Crippen molar-refractivity contribution in [2.24, 2.45) is 0 Å². The summed E-state index contributed by atoms with van der Waals surface area (Å²) in [6.07, 6.45) is 0. The van der Waals surface area contributed by atoms with Crippen LogP contribution < -0.4 is 4.90 Å². The molecule has 0 aliphatic rings. The smallest absolute Gasteiger partial charge is 0.135 e. The summed E-state index contributed by atoms with van der Waals surface area (Å²) in [7, 11) is 0. The Bertz CT molecular complexity index is 2940. The van der Waals surface area contributed by atoms with Gasteiger partial charge >= 0.3 is 0 Å². The third-order valence-electron chi connectivity index (χ3n) is 10.7. The Morgan fingerprint density at radius 1 is 0.268 bits per heavy atom. The molecule has 2 heteroatoms. The van der Waals surface area contributed by atoms with Gasteiger partial charge in [0.2, 0.25) is 0 Å². The van der Waals surface area contributed by atoms with Gasteiger partial charge in [0.1, 0.15) is 11.2 Å². The van der Waals surface area contributed by atoms with Gasteiger partial charge in [-0.3, -0.25) is 0 Å². The summed E-state index contributed by atoms with van der Waals surface area (Å²) in [5.41, 5.74) is 16.9. The second kappa shape index (κ2) is 14.4. The molecule has 1 aromatic heterocycles. The van der Waals surface area contributed by atoms with Crippen LogP contribution in [0.2, 0.25) is 0 Å². The van der Waals surface area contributed by atoms with Crippen LogP contribution in [0.4, 0.5) is 17.1 Å². The number of hydrogen-bond donors (Lipinski definition) is 0. The fourth-order valence-electron chi connectivity index (χ4n) is 8.01. The number of nitrogens with zero attached hydrogens (tertiary/aromatic N) is 1. The highest BCUT2D eigenvalue weighted by Gasteiger charge is 2.20. The van der Waals surface area contributed by atoms with E-state index < -0.39 is 0 Å². The topological polar surface area (TPSA) is 16.4 Å². The van der Waals surface area contributed by atoms with Gasteiger partial charge in [0.15, 0.2) is 0 Å². The Morgan fingerprint density at radius 3 is 1.36 bits per heavy atom. The predicted octanol–water partition coefficient (Wildman–Crippen LogP) is 15.4. The van der Waals surface area contributed by atoms with E-state index in [1.165, 1.54) is 38.9 Å². The second-order valence-electron chi connectivity index (χ2n) is 14.1. The largest absolute Gasteiger partial charge is 0.456 e. The molecule has 10 aromatic rings. The highest BCUT2D eigenvalue weighted by molar-refractivity contribution is 6.06. The number of furan rings is 1. The summed E-state index contributed by atoms with van der Waals surface area (Å²) in [6, 6.07) is 80.2. The van der Waals surface area contributed by atoms with Crippen molar-refractivity contribution in [3.8, 4) is 55.6 Å². The summed E-state index contributed by atoms with van der Waals surface area (Å²) >= 11 is 0. The minimum Gasteiger partial charge on any atom is -0.456 e. The molecule has 2 nitrogen and oxygen atoms in total. The van der Waals surface area contributed by atoms with Gasteiger partial charge in [0, 0.05) is 27.7 Å². The molecule has 56 heavy (non-hydrogen) atoms. The zero-order chi connectivity index (χ0) is 37.3. The van der Waals surface area contributed by atoms with E-state index in [2.05, 4.69) is 217 Å². The van der Waals surface area contributed by atoms with Crippen molar-refractivity contribution in [3.63, 3.8) is 0 Å². The number of anilines is 3. The van der Waals surface area contributed by atoms with Gasteiger partial charge in [-0.1, -0.05) is 176 Å². The lowest BCUT2D eigenvalue weighted by Crippen LogP contribution is -2.11. The highest BCUT2D eigenvalue weighted by atomic mass is 16.3. The molecule has 0 aliphatic heterocycles. The molecule has 0 amide bonds. The van der Waals surface area contributed by atoms with Crippen molar-refractivity contribution in [2.75, 3.05) is 4.90 Å². The van der Waals surface area contributed by atoms with Crippen molar-refractivity contribution >= 4 is 39.0 Å². The number of para-hydroxylation sites is 2. The molecule has 10 rings (SSSR count). The fourth-order valence-corrected chi connectivity index (χ4v) is 8.01. The summed E-state index contributed by atoms with van der Waals surface area (Å²) in [4.78, 5) is 2.39. The van der Waals surface area contributed by atoms with Crippen LogP contribution in [0.25, 0.3) is 77.6 Å². The quantitative estimate of drug-likeness (QED) is 0.156. The lowest BCUT2D eigenvalue weighted by Gasteiger charge is -2.29. The Hall–Kier alpha value is -7.42. The monoisotopic (exact) mass is 715 g/mol. The average Bonchev–Trinajstić information content (AvgIpc) is 3.66. The molecule has 0 fully saturated rings. The van der Waals surface area contributed by atoms with Gasteiger partial charge in [-0.25, -0.2) is 0 Å². The van der Waals surface area contributed by atoms with E-state index in [1.807, 2.05) is 12.1 Å². The van der Waals surface area contributed by atoms with Gasteiger partial charge in [0.25, 0.3) is 0 Å². The van der Waals surface area contributed by atoms with Crippen LogP contribution in [0.1, 0.15) is 0 Å². The summed E-state index contributed by atoms with van der Waals surface area (Å²) in [6.45, 7) is 0. The van der Waals surface area contributed by atoms with Crippen LogP contribution in [0.3, 0.4) is 0 Å². The van der Waals surface area contributed by atoms with Gasteiger partial charge in [-0.05, 0) is 98.6 Å². The van der Waals surface area contributed by atoms with Gasteiger partial charge in [0.05, 0.1) is 5.69 Å². The minimum absolute atomic E-state index is 0.903. The standard InChI is InChI=1S/C54H37NO/c1-3-15-38(16-4-1)39-27-32-43(33-28-39)55(44-34-29-40(30-35-44)42-31-36-54-51(37-42)50-24-12-14-26-53(50)56-54)52-25-13-11-23-49(52)48-22-10-9-21-47(48)46-20-8-7-19-45(46)41-17-5-2-6-18-41/h1-37H. The van der Waals surface area contributed by atoms with E-state index in [4.69, 9.17) is 4.42 Å². The van der Waals surface area contributed by atoms with Crippen molar-refractivity contribution in [3.05, 3.63) is 224 Å². The van der Waals surface area contributed by atoms with Crippen LogP contribution in [0.15, 0.2) is 229 Å². The van der Waals surface area contributed by atoms with Crippen LogP contribution in [-0.4, -0.2) is 0 Å². The van der Waals surface area contributed by atoms with E-state index in [0.717, 1.165) is 55.7 Å². The summed E-state index contributed by atoms with van der Waals surface area (Å²) < 4.78 is 6.13. The molecular formula is C54H37NO. The molecule has 0 N–H and O–H groups in total. The maximum atomic E-state index is 6.13. The molecule has 0 radical (unpaired) electrons. The molecule has 0 saturated heterocycles. The fraction of sp³-hybridized carbons (Fsp3) is 0. The maximum Gasteiger partial charge on any atom is 0.135 e. The van der Waals surface area contributed by atoms with Crippen LogP contribution >= 0.6 is 0 Å². The van der Waals surface area contributed by atoms with E-state index in [1.54, 1.807) is 0 Å². The molecule has 9 aromatic carbocycles. The summed E-state index contributed by atoms with van der Waals surface area (Å²) in [5, 5.41) is 2.26. The third kappa shape index (κ3) is 6.14. The van der Waals surface area contributed by atoms with Crippen molar-refractivity contribution in [2.45, 2.75) is 0 Å². The van der Waals surface area contributed by atoms with Crippen LogP contribution in [-0.2, 0) is 0 Å². The molecule has 0 bridgehead atoms. The SMILES string of the molecule is c1ccc(-c2ccc(N(c3ccc(-c4ccc5oc6ccccc6c5c4)cc3)c3ccccc3-c3ccccc3-c3ccccc3-c3ccccc3)cc2)cc1. The Labute approximate surface area is 327 Å². The minimum atomic E-state index is 0.903. The van der Waals surface area contributed by atoms with Gasteiger partial charge in [-0.15, -0.1) is 0 Å². The first-order valence-corrected chi connectivity index (χ1v) is 19.1. The molecule has 264 valence electrons. The van der Waals surface area contributed by atoms with Crippen molar-refractivity contribution < 1.29 is 4.42 Å². The molecule has 0 aliphatic carbocycles. The molecule has 0 saturated carbocycles. The van der Waals surface area contributed by atoms with E-state index in [-0.39, 0.29) is 0 Å². The summed E-state index contributed by atoms with van der Waals surface area (Å²) in [5.74, 6) is 0. The van der Waals surface area contributed by atoms with Crippen molar-refractivity contribution in [1.29, 1.82) is 0 Å². The zero-order valence-electron chi connectivity index (χ0n) is 30.7. The predicted molar refractivity (Wildman–Crippen MR) is 236 cm³/mol. The first-order chi connectivity index (χ1) is 27.8.